The number of pyridine rings is 1. The molecule has 0 bridgehead atoms. The zero-order chi connectivity index (χ0) is 41.5. The van der Waals surface area contributed by atoms with Gasteiger partial charge in [0, 0.05) is 37.1 Å². The Labute approximate surface area is 329 Å². The zero-order valence-electron chi connectivity index (χ0n) is 32.6. The van der Waals surface area contributed by atoms with Crippen LogP contribution in [0.5, 0.6) is 5.88 Å². The van der Waals surface area contributed by atoms with Gasteiger partial charge in [0.05, 0.1) is 24.3 Å². The lowest BCUT2D eigenvalue weighted by molar-refractivity contribution is -0.145. The van der Waals surface area contributed by atoms with E-state index in [1.54, 1.807) is 27.7 Å². The van der Waals surface area contributed by atoms with Crippen LogP contribution in [0.25, 0.3) is 0 Å². The van der Waals surface area contributed by atoms with Crippen LogP contribution >= 0.6 is 0 Å². The molecule has 310 valence electrons. The fourth-order valence-electron chi connectivity index (χ4n) is 7.17. The van der Waals surface area contributed by atoms with Gasteiger partial charge in [0.15, 0.2) is 0 Å². The molecule has 2 aliphatic carbocycles. The monoisotopic (exact) mass is 800 g/mol. The molecule has 57 heavy (non-hydrogen) atoms. The molecule has 5 rings (SSSR count). The molecule has 1 saturated heterocycles. The number of alkyl halides is 3. The number of aromatic nitrogens is 3. The molecule has 3 fully saturated rings. The smallest absolute Gasteiger partial charge is 0.417 e. The molecule has 5 amide bonds. The van der Waals surface area contributed by atoms with E-state index in [-0.39, 0.29) is 42.9 Å². The summed E-state index contributed by atoms with van der Waals surface area (Å²) >= 11 is 0. The highest BCUT2D eigenvalue weighted by Crippen LogP contribution is 2.32. The van der Waals surface area contributed by atoms with Gasteiger partial charge in [0.1, 0.15) is 29.9 Å². The van der Waals surface area contributed by atoms with Crippen molar-refractivity contribution >= 4 is 35.3 Å². The van der Waals surface area contributed by atoms with Gasteiger partial charge in [0.25, 0.3) is 11.8 Å². The standard InChI is InChI=1S/C39H51F3N8O7/c1-5-9-26(31(51)36(55)46-24-13-14-24)47-34(53)28-18-25(57-29-15-12-23(19-45-29)39(40,41)42)21-50(28)37(56)32(38(2,3)4)49-35(54)30(22-10-7-6-8-11-22)48-33(52)27-20-43-16-17-44-27/h12,15-17,19-20,22,24-26,28,30,32H,5-11,13-14,18,21H2,1-4H3,(H,46,55)(H,47,53)(H,48,52)(H,49,54)/t25-,26?,28+,30?,32?/m0/s1. The molecule has 4 N–H and O–H groups in total. The molecule has 18 heteroatoms. The summed E-state index contributed by atoms with van der Waals surface area (Å²) in [6.07, 6.45) is 5.02. The van der Waals surface area contributed by atoms with Crippen molar-refractivity contribution in [1.29, 1.82) is 0 Å². The van der Waals surface area contributed by atoms with E-state index in [0.717, 1.165) is 44.2 Å². The van der Waals surface area contributed by atoms with Crippen molar-refractivity contribution in [2.24, 2.45) is 11.3 Å². The number of hydrogen-bond acceptors (Lipinski definition) is 10. The number of carbonyl (C=O) groups is 6. The van der Waals surface area contributed by atoms with Gasteiger partial charge in [0.2, 0.25) is 29.4 Å². The molecule has 3 heterocycles. The third-order valence-corrected chi connectivity index (χ3v) is 10.4. The average Bonchev–Trinajstić information content (AvgIpc) is 3.90. The number of nitrogens with zero attached hydrogens (tertiary/aromatic N) is 4. The highest BCUT2D eigenvalue weighted by molar-refractivity contribution is 6.38. The molecule has 3 unspecified atom stereocenters. The van der Waals surface area contributed by atoms with Crippen molar-refractivity contribution < 1.29 is 46.7 Å². The second-order valence-electron chi connectivity index (χ2n) is 16.1. The van der Waals surface area contributed by atoms with E-state index in [2.05, 4.69) is 36.2 Å². The van der Waals surface area contributed by atoms with Gasteiger partial charge in [-0.05, 0) is 49.5 Å². The van der Waals surface area contributed by atoms with Crippen LogP contribution in [0.1, 0.15) is 108 Å². The highest BCUT2D eigenvalue weighted by Gasteiger charge is 2.47. The minimum atomic E-state index is -4.63. The molecular weight excluding hydrogens is 749 g/mol. The van der Waals surface area contributed by atoms with Crippen molar-refractivity contribution in [1.82, 2.24) is 41.1 Å². The van der Waals surface area contributed by atoms with E-state index in [1.807, 2.05) is 0 Å². The fraction of sp³-hybridized carbons (Fsp3) is 0.615. The molecular formula is C39H51F3N8O7. The zero-order valence-corrected chi connectivity index (χ0v) is 32.6. The first-order chi connectivity index (χ1) is 27.0. The minimum Gasteiger partial charge on any atom is -0.472 e. The number of ketones is 1. The number of halogens is 3. The van der Waals surface area contributed by atoms with Crippen molar-refractivity contribution in [2.45, 2.75) is 134 Å². The van der Waals surface area contributed by atoms with Crippen LogP contribution in [0.15, 0.2) is 36.9 Å². The van der Waals surface area contributed by atoms with Crippen molar-refractivity contribution in [3.05, 3.63) is 48.2 Å². The molecule has 2 aromatic rings. The van der Waals surface area contributed by atoms with Crippen molar-refractivity contribution in [2.75, 3.05) is 6.54 Å². The number of rotatable bonds is 15. The maximum atomic E-state index is 14.7. The second-order valence-corrected chi connectivity index (χ2v) is 16.1. The van der Waals surface area contributed by atoms with Crippen LogP contribution in [0, 0.1) is 11.3 Å². The lowest BCUT2D eigenvalue weighted by atomic mass is 9.82. The maximum absolute atomic E-state index is 14.7. The largest absolute Gasteiger partial charge is 0.472 e. The average molecular weight is 801 g/mol. The van der Waals surface area contributed by atoms with Crippen LogP contribution in [-0.4, -0.2) is 98.0 Å². The Morgan fingerprint density at radius 2 is 1.63 bits per heavy atom. The first-order valence-corrected chi connectivity index (χ1v) is 19.5. The molecule has 5 atom stereocenters. The van der Waals surface area contributed by atoms with E-state index < -0.39 is 82.7 Å². The summed E-state index contributed by atoms with van der Waals surface area (Å²) < 4.78 is 45.6. The normalized spacial score (nSPS) is 20.4. The summed E-state index contributed by atoms with van der Waals surface area (Å²) in [4.78, 5) is 95.2. The Morgan fingerprint density at radius 3 is 2.21 bits per heavy atom. The summed E-state index contributed by atoms with van der Waals surface area (Å²) in [6.45, 7) is 6.73. The van der Waals surface area contributed by atoms with Gasteiger partial charge >= 0.3 is 6.18 Å². The quantitative estimate of drug-likeness (QED) is 0.194. The van der Waals surface area contributed by atoms with E-state index in [0.29, 0.717) is 25.5 Å². The molecule has 15 nitrogen and oxygen atoms in total. The molecule has 0 radical (unpaired) electrons. The predicted molar refractivity (Wildman–Crippen MR) is 198 cm³/mol. The summed E-state index contributed by atoms with van der Waals surface area (Å²) in [5.41, 5.74) is -1.93. The van der Waals surface area contributed by atoms with E-state index in [1.165, 1.54) is 23.5 Å². The minimum absolute atomic E-state index is 0.0129. The number of carbonyl (C=O) groups excluding carboxylic acids is 6. The van der Waals surface area contributed by atoms with Gasteiger partial charge in [-0.2, -0.15) is 13.2 Å². The Kier molecular flexibility index (Phi) is 13.9. The Bertz CT molecular complexity index is 1760. The number of Topliss-reactive ketones (excluding diaryl/α,β-unsaturated/α-hetero) is 1. The summed E-state index contributed by atoms with van der Waals surface area (Å²) in [5.74, 6) is -4.70. The summed E-state index contributed by atoms with van der Waals surface area (Å²) in [5, 5.41) is 11.0. The fourth-order valence-corrected chi connectivity index (χ4v) is 7.17. The van der Waals surface area contributed by atoms with Crippen LogP contribution in [0.3, 0.4) is 0 Å². The molecule has 2 aromatic heterocycles. The SMILES string of the molecule is CCCC(NC(=O)[C@H]1C[C@H](Oc2ccc(C(F)(F)F)cn2)CN1C(=O)C(NC(=O)C(NC(=O)c1cnccn1)C1CCCCC1)C(C)(C)C)C(=O)C(=O)NC1CC1. The maximum Gasteiger partial charge on any atom is 0.417 e. The van der Waals surface area contributed by atoms with E-state index >= 15 is 0 Å². The number of nitrogens with one attached hydrogen (secondary N) is 4. The summed E-state index contributed by atoms with van der Waals surface area (Å²) in [7, 11) is 0. The Morgan fingerprint density at radius 1 is 0.912 bits per heavy atom. The third-order valence-electron chi connectivity index (χ3n) is 10.4. The van der Waals surface area contributed by atoms with Gasteiger partial charge in [-0.1, -0.05) is 53.4 Å². The second kappa shape index (κ2) is 18.4. The summed E-state index contributed by atoms with van der Waals surface area (Å²) in [6, 6.07) is -3.00. The first-order valence-electron chi connectivity index (χ1n) is 19.5. The topological polar surface area (TPSA) is 202 Å². The number of amides is 5. The van der Waals surface area contributed by atoms with Crippen LogP contribution in [0.2, 0.25) is 0 Å². The van der Waals surface area contributed by atoms with Gasteiger partial charge in [-0.15, -0.1) is 0 Å². The number of ether oxygens (including phenoxy) is 1. The van der Waals surface area contributed by atoms with Gasteiger partial charge in [-0.3, -0.25) is 33.8 Å². The third kappa shape index (κ3) is 11.5. The van der Waals surface area contributed by atoms with Gasteiger partial charge < -0.3 is 30.9 Å². The van der Waals surface area contributed by atoms with Crippen LogP contribution < -0.4 is 26.0 Å². The van der Waals surface area contributed by atoms with Crippen molar-refractivity contribution in [3.8, 4) is 5.88 Å². The van der Waals surface area contributed by atoms with E-state index in [4.69, 9.17) is 4.74 Å². The lowest BCUT2D eigenvalue weighted by Gasteiger charge is -2.37. The van der Waals surface area contributed by atoms with Crippen LogP contribution in [0.4, 0.5) is 13.2 Å². The number of hydrogen-bond donors (Lipinski definition) is 4. The Hall–Kier alpha value is -5.16. The van der Waals surface area contributed by atoms with Gasteiger partial charge in [-0.25, -0.2) is 9.97 Å². The predicted octanol–water partition coefficient (Wildman–Crippen LogP) is 3.28. The highest BCUT2D eigenvalue weighted by atomic mass is 19.4. The molecule has 2 saturated carbocycles. The number of likely N-dealkylation sites (tertiary alicyclic amines) is 1. The first kappa shape index (κ1) is 43.0. The molecule has 3 aliphatic rings. The van der Waals surface area contributed by atoms with Crippen molar-refractivity contribution in [3.63, 3.8) is 0 Å². The molecule has 0 spiro atoms. The van der Waals surface area contributed by atoms with E-state index in [9.17, 15) is 41.9 Å². The van der Waals surface area contributed by atoms with Crippen LogP contribution in [-0.2, 0) is 30.1 Å². The Balaban J connectivity index is 1.41. The lowest BCUT2D eigenvalue weighted by Crippen LogP contribution is -2.62. The molecule has 1 aliphatic heterocycles. The molecule has 0 aromatic carbocycles.